The number of rotatable bonds is 4. The molecule has 0 spiro atoms. The van der Waals surface area contributed by atoms with Crippen LogP contribution < -0.4 is 5.32 Å². The van der Waals surface area contributed by atoms with E-state index in [0.717, 1.165) is 25.7 Å². The van der Waals surface area contributed by atoms with Crippen LogP contribution in [0, 0.1) is 0 Å². The molecule has 0 heterocycles. The van der Waals surface area contributed by atoms with Gasteiger partial charge in [0.2, 0.25) is 0 Å². The first kappa shape index (κ1) is 16.1. The molecule has 0 radical (unpaired) electrons. The maximum absolute atomic E-state index is 12.0. The molecule has 21 heavy (non-hydrogen) atoms. The number of benzene rings is 1. The normalized spacial score (nSPS) is 16.5. The molecule has 6 heteroatoms. The van der Waals surface area contributed by atoms with E-state index in [1.54, 1.807) is 6.92 Å². The van der Waals surface area contributed by atoms with Crippen molar-refractivity contribution in [2.24, 2.45) is 0 Å². The van der Waals surface area contributed by atoms with Crippen LogP contribution in [0.25, 0.3) is 0 Å². The van der Waals surface area contributed by atoms with E-state index in [0.29, 0.717) is 10.0 Å². The Balaban J connectivity index is 1.93. The number of amides is 1. The van der Waals surface area contributed by atoms with Crippen LogP contribution >= 0.6 is 23.2 Å². The van der Waals surface area contributed by atoms with Gasteiger partial charge in [-0.05, 0) is 38.0 Å². The number of hydrogen-bond donors (Lipinski definition) is 1. The largest absolute Gasteiger partial charge is 0.449 e. The van der Waals surface area contributed by atoms with E-state index in [4.69, 9.17) is 27.9 Å². The SMILES string of the molecule is CC(OC(=O)c1cc(Cl)cc(Cl)c1)C(=O)NC1CCCC1. The van der Waals surface area contributed by atoms with Gasteiger partial charge in [0.25, 0.3) is 5.91 Å². The zero-order valence-corrected chi connectivity index (χ0v) is 13.2. The van der Waals surface area contributed by atoms with Gasteiger partial charge in [-0.25, -0.2) is 4.79 Å². The first-order chi connectivity index (χ1) is 9.95. The van der Waals surface area contributed by atoms with E-state index < -0.39 is 12.1 Å². The fourth-order valence-electron chi connectivity index (χ4n) is 2.34. The molecule has 114 valence electrons. The van der Waals surface area contributed by atoms with Gasteiger partial charge in [-0.2, -0.15) is 0 Å². The van der Waals surface area contributed by atoms with E-state index in [9.17, 15) is 9.59 Å². The monoisotopic (exact) mass is 329 g/mol. The lowest BCUT2D eigenvalue weighted by Gasteiger charge is -2.17. The van der Waals surface area contributed by atoms with E-state index in [1.807, 2.05) is 0 Å². The number of hydrogen-bond acceptors (Lipinski definition) is 3. The lowest BCUT2D eigenvalue weighted by molar-refractivity contribution is -0.129. The summed E-state index contributed by atoms with van der Waals surface area (Å²) in [5, 5.41) is 3.58. The molecule has 1 aromatic carbocycles. The van der Waals surface area contributed by atoms with Crippen molar-refractivity contribution in [1.29, 1.82) is 0 Å². The number of carbonyl (C=O) groups excluding carboxylic acids is 2. The van der Waals surface area contributed by atoms with Gasteiger partial charge >= 0.3 is 5.97 Å². The average molecular weight is 330 g/mol. The quantitative estimate of drug-likeness (QED) is 0.858. The highest BCUT2D eigenvalue weighted by Gasteiger charge is 2.23. The average Bonchev–Trinajstić information content (AvgIpc) is 2.90. The topological polar surface area (TPSA) is 55.4 Å². The Bertz CT molecular complexity index is 521. The minimum atomic E-state index is -0.851. The van der Waals surface area contributed by atoms with E-state index in [-0.39, 0.29) is 17.5 Å². The molecular formula is C15H17Cl2NO3. The third kappa shape index (κ3) is 4.61. The van der Waals surface area contributed by atoms with Gasteiger partial charge in [0.15, 0.2) is 6.10 Å². The van der Waals surface area contributed by atoms with Crippen molar-refractivity contribution in [1.82, 2.24) is 5.32 Å². The minimum absolute atomic E-state index is 0.194. The molecule has 1 aliphatic rings. The minimum Gasteiger partial charge on any atom is -0.449 e. The van der Waals surface area contributed by atoms with Crippen LogP contribution in [0.4, 0.5) is 0 Å². The third-order valence-corrected chi connectivity index (χ3v) is 3.89. The summed E-state index contributed by atoms with van der Waals surface area (Å²) in [6.45, 7) is 1.55. The maximum Gasteiger partial charge on any atom is 0.339 e. The van der Waals surface area contributed by atoms with Gasteiger partial charge in [-0.1, -0.05) is 36.0 Å². The second-order valence-corrected chi connectivity index (χ2v) is 6.07. The molecule has 1 atom stereocenters. The van der Waals surface area contributed by atoms with Crippen molar-refractivity contribution >= 4 is 35.1 Å². The highest BCUT2D eigenvalue weighted by atomic mass is 35.5. The van der Waals surface area contributed by atoms with Gasteiger partial charge in [0.05, 0.1) is 5.56 Å². The lowest BCUT2D eigenvalue weighted by Crippen LogP contribution is -2.40. The molecule has 1 unspecified atom stereocenters. The van der Waals surface area contributed by atoms with Gasteiger partial charge in [0, 0.05) is 16.1 Å². The van der Waals surface area contributed by atoms with E-state index >= 15 is 0 Å². The number of ether oxygens (including phenoxy) is 1. The summed E-state index contributed by atoms with van der Waals surface area (Å²) in [7, 11) is 0. The molecule has 1 fully saturated rings. The van der Waals surface area contributed by atoms with Gasteiger partial charge in [-0.15, -0.1) is 0 Å². The van der Waals surface area contributed by atoms with Crippen LogP contribution in [0.15, 0.2) is 18.2 Å². The molecule has 1 aromatic rings. The van der Waals surface area contributed by atoms with Crippen molar-refractivity contribution in [2.45, 2.75) is 44.8 Å². The smallest absolute Gasteiger partial charge is 0.339 e. The number of carbonyl (C=O) groups is 2. The fourth-order valence-corrected chi connectivity index (χ4v) is 2.87. The fraction of sp³-hybridized carbons (Fsp3) is 0.467. The molecule has 1 saturated carbocycles. The Hall–Kier alpha value is -1.26. The summed E-state index contributed by atoms with van der Waals surface area (Å²) in [5.41, 5.74) is 0.230. The Kier molecular flexibility index (Phi) is 5.48. The molecular weight excluding hydrogens is 313 g/mol. The summed E-state index contributed by atoms with van der Waals surface area (Å²) >= 11 is 11.7. The number of nitrogens with one attached hydrogen (secondary N) is 1. The summed E-state index contributed by atoms with van der Waals surface area (Å²) in [5.74, 6) is -0.892. The Labute approximate surface area is 133 Å². The van der Waals surface area contributed by atoms with Gasteiger partial charge in [0.1, 0.15) is 0 Å². The first-order valence-electron chi connectivity index (χ1n) is 6.93. The van der Waals surface area contributed by atoms with Crippen LogP contribution in [-0.2, 0) is 9.53 Å². The van der Waals surface area contributed by atoms with Crippen LogP contribution in [0.2, 0.25) is 10.0 Å². The highest BCUT2D eigenvalue weighted by molar-refractivity contribution is 6.35. The Morgan fingerprint density at radius 1 is 1.19 bits per heavy atom. The number of esters is 1. The molecule has 2 rings (SSSR count). The molecule has 0 bridgehead atoms. The second kappa shape index (κ2) is 7.14. The van der Waals surface area contributed by atoms with Crippen LogP contribution in [0.5, 0.6) is 0 Å². The third-order valence-electron chi connectivity index (χ3n) is 3.45. The summed E-state index contributed by atoms with van der Waals surface area (Å²) in [6, 6.07) is 4.63. The van der Waals surface area contributed by atoms with Gasteiger partial charge in [-0.3, -0.25) is 4.79 Å². The lowest BCUT2D eigenvalue weighted by atomic mass is 10.2. The van der Waals surface area contributed by atoms with Crippen molar-refractivity contribution in [2.75, 3.05) is 0 Å². The van der Waals surface area contributed by atoms with Crippen molar-refractivity contribution < 1.29 is 14.3 Å². The molecule has 1 amide bonds. The predicted octanol–water partition coefficient (Wildman–Crippen LogP) is 3.60. The van der Waals surface area contributed by atoms with Crippen molar-refractivity contribution in [3.8, 4) is 0 Å². The molecule has 1 N–H and O–H groups in total. The molecule has 0 saturated heterocycles. The number of halogens is 2. The maximum atomic E-state index is 12.0. The Morgan fingerprint density at radius 3 is 2.33 bits per heavy atom. The zero-order chi connectivity index (χ0) is 15.4. The molecule has 0 aromatic heterocycles. The van der Waals surface area contributed by atoms with Crippen LogP contribution in [0.3, 0.4) is 0 Å². The summed E-state index contributed by atoms with van der Waals surface area (Å²) < 4.78 is 5.15. The summed E-state index contributed by atoms with van der Waals surface area (Å²) in [6.07, 6.45) is 3.36. The van der Waals surface area contributed by atoms with E-state index in [1.165, 1.54) is 18.2 Å². The molecule has 0 aliphatic heterocycles. The summed E-state index contributed by atoms with van der Waals surface area (Å²) in [4.78, 5) is 23.9. The van der Waals surface area contributed by atoms with Gasteiger partial charge < -0.3 is 10.1 Å². The standard InChI is InChI=1S/C15H17Cl2NO3/c1-9(14(19)18-13-4-2-3-5-13)21-15(20)10-6-11(16)8-12(17)7-10/h6-9,13H,2-5H2,1H3,(H,18,19). The highest BCUT2D eigenvalue weighted by Crippen LogP contribution is 2.20. The predicted molar refractivity (Wildman–Crippen MR) is 81.7 cm³/mol. The molecule has 1 aliphatic carbocycles. The second-order valence-electron chi connectivity index (χ2n) is 5.20. The van der Waals surface area contributed by atoms with E-state index in [2.05, 4.69) is 5.32 Å². The van der Waals surface area contributed by atoms with Crippen molar-refractivity contribution in [3.63, 3.8) is 0 Å². The molecule has 4 nitrogen and oxygen atoms in total. The Morgan fingerprint density at radius 2 is 1.76 bits per heavy atom. The van der Waals surface area contributed by atoms with Crippen molar-refractivity contribution in [3.05, 3.63) is 33.8 Å². The zero-order valence-electron chi connectivity index (χ0n) is 11.7. The first-order valence-corrected chi connectivity index (χ1v) is 7.69. The van der Waals surface area contributed by atoms with Crippen LogP contribution in [-0.4, -0.2) is 24.0 Å². The van der Waals surface area contributed by atoms with Crippen LogP contribution in [0.1, 0.15) is 43.0 Å².